The zero-order valence-electron chi connectivity index (χ0n) is 14.3. The molecule has 136 valence electrons. The molecule has 2 fully saturated rings. The average Bonchev–Trinajstić information content (AvgIpc) is 3.30. The van der Waals surface area contributed by atoms with Crippen molar-refractivity contribution in [2.45, 2.75) is 38.5 Å². The van der Waals surface area contributed by atoms with Crippen LogP contribution in [0.2, 0.25) is 0 Å². The number of carbonyl (C=O) groups excluding carboxylic acids is 1. The third kappa shape index (κ3) is 3.57. The molecule has 1 unspecified atom stereocenters. The summed E-state index contributed by atoms with van der Waals surface area (Å²) in [7, 11) is 0. The number of hydrogen-bond donors (Lipinski definition) is 1. The van der Waals surface area contributed by atoms with E-state index in [1.54, 1.807) is 0 Å². The van der Waals surface area contributed by atoms with E-state index in [1.165, 1.54) is 25.0 Å². The number of fused-ring (bicyclic) bond motifs is 1. The Morgan fingerprint density at radius 2 is 2.12 bits per heavy atom. The van der Waals surface area contributed by atoms with Gasteiger partial charge in [0.1, 0.15) is 11.6 Å². The van der Waals surface area contributed by atoms with Gasteiger partial charge in [-0.05, 0) is 44.5 Å². The molecule has 3 aliphatic heterocycles. The van der Waals surface area contributed by atoms with E-state index in [9.17, 15) is 9.18 Å². The molecule has 2 saturated heterocycles. The second-order valence-corrected chi connectivity index (χ2v) is 6.95. The number of nitrogens with zero attached hydrogens (tertiary/aromatic N) is 2. The Bertz CT molecular complexity index is 649. The first-order valence-electron chi connectivity index (χ1n) is 8.99. The summed E-state index contributed by atoms with van der Waals surface area (Å²) in [6, 6.07) is 3.23. The van der Waals surface area contributed by atoms with Crippen LogP contribution in [0.4, 0.5) is 9.18 Å². The van der Waals surface area contributed by atoms with Crippen molar-refractivity contribution in [3.8, 4) is 5.75 Å². The summed E-state index contributed by atoms with van der Waals surface area (Å²) >= 11 is 0. The van der Waals surface area contributed by atoms with Gasteiger partial charge < -0.3 is 19.7 Å². The maximum Gasteiger partial charge on any atom is 0.317 e. The lowest BCUT2D eigenvalue weighted by atomic mass is 10.1. The van der Waals surface area contributed by atoms with Gasteiger partial charge in [-0.2, -0.15) is 0 Å². The number of carbonyl (C=O) groups is 1. The van der Waals surface area contributed by atoms with Crippen LogP contribution in [0.15, 0.2) is 12.1 Å². The zero-order valence-corrected chi connectivity index (χ0v) is 14.3. The molecule has 3 aliphatic rings. The van der Waals surface area contributed by atoms with Gasteiger partial charge in [0.2, 0.25) is 0 Å². The predicted octanol–water partition coefficient (Wildman–Crippen LogP) is 2.07. The molecule has 0 radical (unpaired) electrons. The van der Waals surface area contributed by atoms with E-state index < -0.39 is 0 Å². The number of hydrogen-bond acceptors (Lipinski definition) is 4. The molecule has 0 aliphatic carbocycles. The molecule has 6 nitrogen and oxygen atoms in total. The van der Waals surface area contributed by atoms with Crippen LogP contribution in [-0.2, 0) is 17.9 Å². The van der Waals surface area contributed by atoms with E-state index in [0.717, 1.165) is 32.6 Å². The normalized spacial score (nSPS) is 23.4. The molecule has 0 saturated carbocycles. The van der Waals surface area contributed by atoms with Crippen molar-refractivity contribution in [2.24, 2.45) is 0 Å². The lowest BCUT2D eigenvalue weighted by Gasteiger charge is -2.24. The van der Waals surface area contributed by atoms with Gasteiger partial charge >= 0.3 is 6.03 Å². The second kappa shape index (κ2) is 7.17. The summed E-state index contributed by atoms with van der Waals surface area (Å²) in [5.41, 5.74) is 1.34. The minimum atomic E-state index is -0.340. The molecule has 3 heterocycles. The standard InChI is InChI=1S/C18H24FN3O3/c19-15-7-13(17-14(8-15)11-24-12-25-17)9-20-18(23)22-6-3-16(10-22)21-4-1-2-5-21/h7-8,16H,1-6,9-12H2,(H,20,23). The number of likely N-dealkylation sites (tertiary alicyclic amines) is 2. The number of nitrogens with one attached hydrogen (secondary N) is 1. The minimum absolute atomic E-state index is 0.0910. The highest BCUT2D eigenvalue weighted by Crippen LogP contribution is 2.29. The Hall–Kier alpha value is -1.86. The van der Waals surface area contributed by atoms with Crippen molar-refractivity contribution in [1.29, 1.82) is 0 Å². The SMILES string of the molecule is O=C(NCc1cc(F)cc2c1OCOC2)N1CCC(N2CCCC2)C1. The van der Waals surface area contributed by atoms with Crippen molar-refractivity contribution in [2.75, 3.05) is 33.0 Å². The van der Waals surface area contributed by atoms with Crippen LogP contribution in [0.25, 0.3) is 0 Å². The third-order valence-corrected chi connectivity index (χ3v) is 5.29. The van der Waals surface area contributed by atoms with E-state index in [1.807, 2.05) is 4.90 Å². The van der Waals surface area contributed by atoms with Crippen LogP contribution in [0, 0.1) is 5.82 Å². The highest BCUT2D eigenvalue weighted by Gasteiger charge is 2.31. The number of benzene rings is 1. The number of halogens is 1. The van der Waals surface area contributed by atoms with Crippen molar-refractivity contribution >= 4 is 6.03 Å². The monoisotopic (exact) mass is 349 g/mol. The largest absolute Gasteiger partial charge is 0.467 e. The zero-order chi connectivity index (χ0) is 17.2. The lowest BCUT2D eigenvalue weighted by Crippen LogP contribution is -2.41. The van der Waals surface area contributed by atoms with Crippen LogP contribution in [-0.4, -0.2) is 54.8 Å². The van der Waals surface area contributed by atoms with Gasteiger partial charge in [-0.3, -0.25) is 4.90 Å². The molecule has 0 spiro atoms. The molecule has 1 aromatic rings. The molecule has 1 atom stereocenters. The molecular formula is C18H24FN3O3. The Labute approximate surface area is 146 Å². The Morgan fingerprint density at radius 1 is 1.28 bits per heavy atom. The summed E-state index contributed by atoms with van der Waals surface area (Å²) in [4.78, 5) is 16.8. The maximum absolute atomic E-state index is 13.8. The fourth-order valence-electron chi connectivity index (χ4n) is 4.00. The first-order valence-corrected chi connectivity index (χ1v) is 8.99. The third-order valence-electron chi connectivity index (χ3n) is 5.29. The highest BCUT2D eigenvalue weighted by molar-refractivity contribution is 5.74. The van der Waals surface area contributed by atoms with Gasteiger partial charge in [0.15, 0.2) is 6.79 Å². The molecular weight excluding hydrogens is 325 g/mol. The van der Waals surface area contributed by atoms with Gasteiger partial charge in [0, 0.05) is 36.8 Å². The van der Waals surface area contributed by atoms with Gasteiger partial charge in [0.25, 0.3) is 0 Å². The van der Waals surface area contributed by atoms with Gasteiger partial charge in [-0.25, -0.2) is 9.18 Å². The maximum atomic E-state index is 13.8. The van der Waals surface area contributed by atoms with Crippen LogP contribution in [0.1, 0.15) is 30.4 Å². The lowest BCUT2D eigenvalue weighted by molar-refractivity contribution is -0.0173. The first kappa shape index (κ1) is 16.6. The van der Waals surface area contributed by atoms with E-state index in [2.05, 4.69) is 10.2 Å². The van der Waals surface area contributed by atoms with Crippen molar-refractivity contribution in [3.63, 3.8) is 0 Å². The average molecular weight is 349 g/mol. The second-order valence-electron chi connectivity index (χ2n) is 6.95. The molecule has 1 aromatic carbocycles. The fourth-order valence-corrected chi connectivity index (χ4v) is 4.00. The van der Waals surface area contributed by atoms with E-state index in [0.29, 0.717) is 29.5 Å². The van der Waals surface area contributed by atoms with E-state index in [4.69, 9.17) is 9.47 Å². The Balaban J connectivity index is 1.35. The van der Waals surface area contributed by atoms with Gasteiger partial charge in [-0.1, -0.05) is 0 Å². The number of rotatable bonds is 3. The number of amides is 2. The first-order chi connectivity index (χ1) is 12.2. The van der Waals surface area contributed by atoms with Crippen molar-refractivity contribution < 1.29 is 18.7 Å². The van der Waals surface area contributed by atoms with Crippen molar-refractivity contribution in [3.05, 3.63) is 29.1 Å². The number of ether oxygens (including phenoxy) is 2. The molecule has 7 heteroatoms. The van der Waals surface area contributed by atoms with Gasteiger partial charge in [0.05, 0.1) is 6.61 Å². The predicted molar refractivity (Wildman–Crippen MR) is 89.7 cm³/mol. The van der Waals surface area contributed by atoms with Crippen LogP contribution in [0.3, 0.4) is 0 Å². The summed E-state index contributed by atoms with van der Waals surface area (Å²) in [6.07, 6.45) is 3.55. The molecule has 4 rings (SSSR count). The van der Waals surface area contributed by atoms with E-state index in [-0.39, 0.29) is 25.2 Å². The quantitative estimate of drug-likeness (QED) is 0.908. The fraction of sp³-hybridized carbons (Fsp3) is 0.611. The molecule has 1 N–H and O–H groups in total. The molecule has 0 aromatic heterocycles. The molecule has 25 heavy (non-hydrogen) atoms. The van der Waals surface area contributed by atoms with E-state index >= 15 is 0 Å². The molecule has 0 bridgehead atoms. The minimum Gasteiger partial charge on any atom is -0.467 e. The van der Waals surface area contributed by atoms with Crippen LogP contribution >= 0.6 is 0 Å². The van der Waals surface area contributed by atoms with Gasteiger partial charge in [-0.15, -0.1) is 0 Å². The summed E-state index contributed by atoms with van der Waals surface area (Å²) < 4.78 is 24.4. The summed E-state index contributed by atoms with van der Waals surface area (Å²) in [5, 5.41) is 2.91. The highest BCUT2D eigenvalue weighted by atomic mass is 19.1. The Morgan fingerprint density at radius 3 is 2.96 bits per heavy atom. The summed E-state index contributed by atoms with van der Waals surface area (Å²) in [5.74, 6) is 0.289. The van der Waals surface area contributed by atoms with Crippen LogP contribution < -0.4 is 10.1 Å². The summed E-state index contributed by atoms with van der Waals surface area (Å²) in [6.45, 7) is 4.59. The topological polar surface area (TPSA) is 54.0 Å². The number of urea groups is 1. The van der Waals surface area contributed by atoms with Crippen molar-refractivity contribution in [1.82, 2.24) is 15.1 Å². The smallest absolute Gasteiger partial charge is 0.317 e. The Kier molecular flexibility index (Phi) is 4.76. The molecule has 2 amide bonds. The van der Waals surface area contributed by atoms with Crippen LogP contribution in [0.5, 0.6) is 5.75 Å².